The second-order valence-electron chi connectivity index (χ2n) is 5.80. The molecule has 0 heterocycles. The number of azo groups is 1. The molecule has 0 atom stereocenters. The largest absolute Gasteiger partial charge is 0.362 e. The van der Waals surface area contributed by atoms with Crippen molar-refractivity contribution in [2.45, 2.75) is 6.42 Å². The Bertz CT molecular complexity index is 989. The Kier molecular flexibility index (Phi) is 6.49. The van der Waals surface area contributed by atoms with Crippen LogP contribution in [-0.2, 0) is 16.1 Å². The van der Waals surface area contributed by atoms with E-state index in [4.69, 9.17) is 16.4 Å². The van der Waals surface area contributed by atoms with Crippen LogP contribution in [0.2, 0.25) is 5.02 Å². The molecule has 28 heavy (non-hydrogen) atoms. The number of anilines is 1. The first kappa shape index (κ1) is 19.3. The molecule has 7 heteroatoms. The number of rotatable bonds is 6. The molecular formula is C21H16ClN3O3. The zero-order valence-corrected chi connectivity index (χ0v) is 15.5. The lowest BCUT2D eigenvalue weighted by Gasteiger charge is -2.07. The molecule has 140 valence electrons. The van der Waals surface area contributed by atoms with Crippen LogP contribution in [0.1, 0.15) is 15.9 Å². The Hall–Kier alpha value is -3.51. The van der Waals surface area contributed by atoms with Gasteiger partial charge in [0.2, 0.25) is 0 Å². The third-order valence-electron chi connectivity index (χ3n) is 3.66. The first-order chi connectivity index (χ1) is 13.6. The average molecular weight is 394 g/mol. The molecule has 0 spiro atoms. The van der Waals surface area contributed by atoms with Gasteiger partial charge in [0.1, 0.15) is 0 Å². The minimum absolute atomic E-state index is 0.198. The van der Waals surface area contributed by atoms with Crippen LogP contribution >= 0.6 is 11.6 Å². The van der Waals surface area contributed by atoms with Gasteiger partial charge in [0.05, 0.1) is 23.4 Å². The van der Waals surface area contributed by atoms with Gasteiger partial charge in [-0.1, -0.05) is 48.0 Å². The molecule has 6 nitrogen and oxygen atoms in total. The molecule has 0 aliphatic heterocycles. The lowest BCUT2D eigenvalue weighted by molar-refractivity contribution is -0.117. The van der Waals surface area contributed by atoms with Crippen LogP contribution in [0.4, 0.5) is 11.4 Å². The second-order valence-corrected chi connectivity index (χ2v) is 6.24. The van der Waals surface area contributed by atoms with Gasteiger partial charge >= 0.3 is 5.97 Å². The lowest BCUT2D eigenvalue weighted by Crippen LogP contribution is -2.10. The van der Waals surface area contributed by atoms with E-state index in [-0.39, 0.29) is 12.3 Å². The van der Waals surface area contributed by atoms with Crippen LogP contribution in [0.25, 0.3) is 0 Å². The molecule has 0 unspecified atom stereocenters. The maximum atomic E-state index is 12.0. The number of nitrogens with zero attached hydrogens (tertiary/aromatic N) is 2. The number of amides is 1. The number of halogens is 1. The van der Waals surface area contributed by atoms with Gasteiger partial charge in [0.15, 0.2) is 0 Å². The summed E-state index contributed by atoms with van der Waals surface area (Å²) in [6, 6.07) is 22.4. The maximum absolute atomic E-state index is 12.0. The zero-order valence-electron chi connectivity index (χ0n) is 14.7. The van der Waals surface area contributed by atoms with Gasteiger partial charge in [0.25, 0.3) is 5.91 Å². The SMILES string of the molecule is O=C(Cc1ccccc1)N=Nc1ccc(NOC(=O)c2cccc(Cl)c2)cc1. The fourth-order valence-electron chi connectivity index (χ4n) is 2.30. The van der Waals surface area contributed by atoms with E-state index in [0.717, 1.165) is 5.56 Å². The van der Waals surface area contributed by atoms with Crippen molar-refractivity contribution in [3.05, 3.63) is 95.0 Å². The van der Waals surface area contributed by atoms with Crippen molar-refractivity contribution in [2.24, 2.45) is 10.2 Å². The number of nitrogens with one attached hydrogen (secondary N) is 1. The summed E-state index contributed by atoms with van der Waals surface area (Å²) in [5.41, 5.74) is 4.83. The molecule has 3 rings (SSSR count). The van der Waals surface area contributed by atoms with Crippen molar-refractivity contribution >= 4 is 34.9 Å². The summed E-state index contributed by atoms with van der Waals surface area (Å²) in [6.07, 6.45) is 0.198. The topological polar surface area (TPSA) is 80.1 Å². The van der Waals surface area contributed by atoms with E-state index in [1.807, 2.05) is 30.3 Å². The van der Waals surface area contributed by atoms with Gasteiger partial charge in [-0.2, -0.15) is 0 Å². The molecule has 0 radical (unpaired) electrons. The quantitative estimate of drug-likeness (QED) is 0.450. The highest BCUT2D eigenvalue weighted by atomic mass is 35.5. The first-order valence-electron chi connectivity index (χ1n) is 8.41. The summed E-state index contributed by atoms with van der Waals surface area (Å²) in [5.74, 6) is -0.887. The summed E-state index contributed by atoms with van der Waals surface area (Å²) in [6.45, 7) is 0. The van der Waals surface area contributed by atoms with Gasteiger partial charge in [-0.05, 0) is 48.0 Å². The molecule has 0 aromatic heterocycles. The van der Waals surface area contributed by atoms with Crippen molar-refractivity contribution < 1.29 is 14.4 Å². The van der Waals surface area contributed by atoms with E-state index in [9.17, 15) is 9.59 Å². The highest BCUT2D eigenvalue weighted by Gasteiger charge is 2.08. The number of carbonyl (C=O) groups excluding carboxylic acids is 2. The lowest BCUT2D eigenvalue weighted by atomic mass is 10.1. The van der Waals surface area contributed by atoms with Crippen LogP contribution in [-0.4, -0.2) is 11.9 Å². The van der Waals surface area contributed by atoms with Gasteiger partial charge in [0, 0.05) is 5.02 Å². The maximum Gasteiger partial charge on any atom is 0.362 e. The normalized spacial score (nSPS) is 10.6. The number of benzene rings is 3. The molecule has 1 amide bonds. The predicted molar refractivity (Wildman–Crippen MR) is 107 cm³/mol. The summed E-state index contributed by atoms with van der Waals surface area (Å²) in [5, 5.41) is 8.08. The van der Waals surface area contributed by atoms with Gasteiger partial charge < -0.3 is 4.84 Å². The third-order valence-corrected chi connectivity index (χ3v) is 3.90. The minimum Gasteiger partial charge on any atom is -0.338 e. The van der Waals surface area contributed by atoms with Crippen LogP contribution < -0.4 is 5.48 Å². The fourth-order valence-corrected chi connectivity index (χ4v) is 2.49. The summed E-state index contributed by atoms with van der Waals surface area (Å²) in [7, 11) is 0. The zero-order chi connectivity index (χ0) is 19.8. The monoisotopic (exact) mass is 393 g/mol. The van der Waals surface area contributed by atoms with Gasteiger partial charge in [-0.15, -0.1) is 10.2 Å². The van der Waals surface area contributed by atoms with Crippen molar-refractivity contribution in [1.29, 1.82) is 0 Å². The van der Waals surface area contributed by atoms with Crippen molar-refractivity contribution in [3.8, 4) is 0 Å². The summed E-state index contributed by atoms with van der Waals surface area (Å²) in [4.78, 5) is 28.8. The molecule has 0 saturated heterocycles. The van der Waals surface area contributed by atoms with Crippen molar-refractivity contribution in [3.63, 3.8) is 0 Å². The van der Waals surface area contributed by atoms with Crippen LogP contribution in [0.15, 0.2) is 89.1 Å². The second kappa shape index (κ2) is 9.43. The first-order valence-corrected chi connectivity index (χ1v) is 8.79. The number of hydrogen-bond donors (Lipinski definition) is 1. The highest BCUT2D eigenvalue weighted by Crippen LogP contribution is 2.18. The average Bonchev–Trinajstić information content (AvgIpc) is 2.72. The number of hydrogen-bond acceptors (Lipinski definition) is 5. The van der Waals surface area contributed by atoms with Gasteiger partial charge in [-0.25, -0.2) is 10.3 Å². The van der Waals surface area contributed by atoms with E-state index in [1.54, 1.807) is 42.5 Å². The molecule has 0 fully saturated rings. The molecule has 1 N–H and O–H groups in total. The van der Waals surface area contributed by atoms with E-state index in [1.165, 1.54) is 6.07 Å². The van der Waals surface area contributed by atoms with E-state index >= 15 is 0 Å². The highest BCUT2D eigenvalue weighted by molar-refractivity contribution is 6.30. The van der Waals surface area contributed by atoms with Crippen LogP contribution in [0.3, 0.4) is 0 Å². The predicted octanol–water partition coefficient (Wildman–Crippen LogP) is 5.38. The smallest absolute Gasteiger partial charge is 0.338 e. The molecule has 0 aliphatic carbocycles. The van der Waals surface area contributed by atoms with Crippen molar-refractivity contribution in [2.75, 3.05) is 5.48 Å². The van der Waals surface area contributed by atoms with E-state index in [0.29, 0.717) is 22.0 Å². The molecule has 0 bridgehead atoms. The Morgan fingerprint density at radius 1 is 0.929 bits per heavy atom. The fraction of sp³-hybridized carbons (Fsp3) is 0.0476. The molecule has 0 aliphatic rings. The number of carbonyl (C=O) groups is 2. The van der Waals surface area contributed by atoms with Crippen molar-refractivity contribution in [1.82, 2.24) is 0 Å². The Labute approximate surface area is 166 Å². The Morgan fingerprint density at radius 2 is 1.68 bits per heavy atom. The molecule has 0 saturated carbocycles. The standard InChI is InChI=1S/C21H16ClN3O3/c22-17-8-4-7-16(14-17)21(27)28-25-19-11-9-18(10-12-19)23-24-20(26)13-15-5-2-1-3-6-15/h1-12,14,25H,13H2. The Morgan fingerprint density at radius 3 is 2.39 bits per heavy atom. The Balaban J connectivity index is 1.52. The van der Waals surface area contributed by atoms with Crippen LogP contribution in [0.5, 0.6) is 0 Å². The summed E-state index contributed by atoms with van der Waals surface area (Å²) >= 11 is 5.85. The minimum atomic E-state index is -0.558. The molecule has 3 aromatic rings. The van der Waals surface area contributed by atoms with Crippen LogP contribution in [0, 0.1) is 0 Å². The van der Waals surface area contributed by atoms with E-state index in [2.05, 4.69) is 15.7 Å². The molecule has 3 aromatic carbocycles. The summed E-state index contributed by atoms with van der Waals surface area (Å²) < 4.78 is 0. The van der Waals surface area contributed by atoms with E-state index < -0.39 is 5.97 Å². The third kappa shape index (κ3) is 5.75. The van der Waals surface area contributed by atoms with Gasteiger partial charge in [-0.3, -0.25) is 4.79 Å². The molecular weight excluding hydrogens is 378 g/mol.